The van der Waals surface area contributed by atoms with Crippen molar-refractivity contribution in [3.05, 3.63) is 66.5 Å². The number of imidazole rings is 1. The Labute approximate surface area is 140 Å². The zero-order chi connectivity index (χ0) is 13.9. The number of nitrogens with two attached hydrogens (primary N) is 1. The lowest BCUT2D eigenvalue weighted by atomic mass is 10.2. The van der Waals surface area contributed by atoms with Gasteiger partial charge in [0, 0.05) is 0 Å². The summed E-state index contributed by atoms with van der Waals surface area (Å²) in [6, 6.07) is 18.3. The highest BCUT2D eigenvalue weighted by Gasteiger charge is 2.16. The molecular formula is C16H16IN3O. The van der Waals surface area contributed by atoms with Crippen LogP contribution >= 0.6 is 0 Å². The van der Waals surface area contributed by atoms with Gasteiger partial charge in [0.05, 0.1) is 0 Å². The van der Waals surface area contributed by atoms with Crippen molar-refractivity contribution in [1.82, 2.24) is 4.57 Å². The maximum absolute atomic E-state index is 11.2. The molecule has 1 amide bonds. The van der Waals surface area contributed by atoms with E-state index in [1.807, 2.05) is 47.3 Å². The number of halogens is 1. The number of rotatable bonds is 4. The summed E-state index contributed by atoms with van der Waals surface area (Å²) in [5.41, 5.74) is 8.64. The maximum Gasteiger partial charge on any atom is 0.259 e. The topological polar surface area (TPSA) is 51.9 Å². The van der Waals surface area contributed by atoms with Crippen LogP contribution in [0.2, 0.25) is 0 Å². The van der Waals surface area contributed by atoms with Gasteiger partial charge in [-0.25, -0.2) is 9.13 Å². The van der Waals surface area contributed by atoms with Crippen molar-refractivity contribution in [1.29, 1.82) is 0 Å². The molecule has 0 radical (unpaired) electrons. The summed E-state index contributed by atoms with van der Waals surface area (Å²) in [5, 5.41) is 0. The molecular weight excluding hydrogens is 377 g/mol. The number of amides is 1. The molecule has 1 aromatic heterocycles. The van der Waals surface area contributed by atoms with Crippen LogP contribution < -0.4 is 34.3 Å². The van der Waals surface area contributed by atoms with Crippen molar-refractivity contribution in [2.24, 2.45) is 5.73 Å². The van der Waals surface area contributed by atoms with E-state index in [1.54, 1.807) is 0 Å². The molecule has 0 saturated carbocycles. The van der Waals surface area contributed by atoms with E-state index in [0.29, 0.717) is 0 Å². The summed E-state index contributed by atoms with van der Waals surface area (Å²) in [5.74, 6) is -0.336. The van der Waals surface area contributed by atoms with E-state index in [2.05, 4.69) is 22.8 Å². The Morgan fingerprint density at radius 1 is 1.05 bits per heavy atom. The minimum absolute atomic E-state index is 0. The third kappa shape index (κ3) is 3.41. The Kier molecular flexibility index (Phi) is 4.95. The molecule has 0 spiro atoms. The second kappa shape index (κ2) is 6.71. The molecule has 2 N–H and O–H groups in total. The number of hydrogen-bond donors (Lipinski definition) is 1. The average Bonchev–Trinajstić information content (AvgIpc) is 2.78. The van der Waals surface area contributed by atoms with Crippen molar-refractivity contribution >= 4 is 16.9 Å². The molecule has 0 aliphatic carbocycles. The standard InChI is InChI=1S/C16H15N3O.HI/c17-16(20)11-19-12-18(10-13-6-2-1-3-7-13)14-8-4-5-9-15(14)19;/h1-9,12H,10-11H2,(H-,17,20);1H. The average molecular weight is 393 g/mol. The predicted molar refractivity (Wildman–Crippen MR) is 76.9 cm³/mol. The van der Waals surface area contributed by atoms with Gasteiger partial charge >= 0.3 is 0 Å². The van der Waals surface area contributed by atoms with Crippen LogP contribution in [-0.2, 0) is 17.9 Å². The van der Waals surface area contributed by atoms with E-state index in [1.165, 1.54) is 5.56 Å². The lowest BCUT2D eigenvalue weighted by Crippen LogP contribution is -3.00. The van der Waals surface area contributed by atoms with Gasteiger partial charge in [-0.1, -0.05) is 42.5 Å². The van der Waals surface area contributed by atoms with Crippen LogP contribution in [0.4, 0.5) is 0 Å². The van der Waals surface area contributed by atoms with Gasteiger partial charge in [0.2, 0.25) is 6.33 Å². The van der Waals surface area contributed by atoms with Gasteiger partial charge in [-0.05, 0) is 17.7 Å². The van der Waals surface area contributed by atoms with Crippen molar-refractivity contribution in [2.45, 2.75) is 13.1 Å². The Balaban J connectivity index is 0.00000161. The normalized spacial score (nSPS) is 10.3. The van der Waals surface area contributed by atoms with E-state index >= 15 is 0 Å². The minimum Gasteiger partial charge on any atom is -1.00 e. The number of hydrogen-bond acceptors (Lipinski definition) is 1. The second-order valence-corrected chi connectivity index (χ2v) is 4.81. The molecule has 0 fully saturated rings. The fraction of sp³-hybridized carbons (Fsp3) is 0.125. The van der Waals surface area contributed by atoms with E-state index in [9.17, 15) is 4.79 Å². The summed E-state index contributed by atoms with van der Waals surface area (Å²) in [7, 11) is 0. The van der Waals surface area contributed by atoms with E-state index in [4.69, 9.17) is 5.73 Å². The smallest absolute Gasteiger partial charge is 0.259 e. The number of carbonyl (C=O) groups is 1. The van der Waals surface area contributed by atoms with Crippen LogP contribution in [0.15, 0.2) is 60.9 Å². The van der Waals surface area contributed by atoms with Gasteiger partial charge in [0.1, 0.15) is 6.54 Å². The maximum atomic E-state index is 11.2. The molecule has 0 aliphatic rings. The number of para-hydroxylation sites is 2. The molecule has 21 heavy (non-hydrogen) atoms. The van der Waals surface area contributed by atoms with Crippen molar-refractivity contribution in [3.8, 4) is 0 Å². The molecule has 0 aliphatic heterocycles. The quantitative estimate of drug-likeness (QED) is 0.425. The molecule has 0 bridgehead atoms. The van der Waals surface area contributed by atoms with Crippen LogP contribution in [0, 0.1) is 0 Å². The largest absolute Gasteiger partial charge is 1.00 e. The SMILES string of the molecule is NC(=O)Cn1c[n+](Cc2ccccc2)c2ccccc21.[I-]. The molecule has 0 saturated heterocycles. The number of nitrogens with zero attached hydrogens (tertiary/aromatic N) is 2. The van der Waals surface area contributed by atoms with Crippen molar-refractivity contribution in [2.75, 3.05) is 0 Å². The van der Waals surface area contributed by atoms with Crippen LogP contribution in [-0.4, -0.2) is 10.5 Å². The third-order valence-corrected chi connectivity index (χ3v) is 3.30. The van der Waals surface area contributed by atoms with Gasteiger partial charge in [-0.2, -0.15) is 0 Å². The molecule has 0 unspecified atom stereocenters. The van der Waals surface area contributed by atoms with Crippen LogP contribution in [0.1, 0.15) is 5.56 Å². The summed E-state index contributed by atoms with van der Waals surface area (Å²) >= 11 is 0. The highest BCUT2D eigenvalue weighted by molar-refractivity contribution is 5.77. The first-order valence-corrected chi connectivity index (χ1v) is 6.53. The zero-order valence-electron chi connectivity index (χ0n) is 11.4. The van der Waals surface area contributed by atoms with E-state index < -0.39 is 0 Å². The van der Waals surface area contributed by atoms with E-state index in [-0.39, 0.29) is 36.4 Å². The molecule has 4 nitrogen and oxygen atoms in total. The fourth-order valence-electron chi connectivity index (χ4n) is 2.44. The first-order chi connectivity index (χ1) is 9.74. The Morgan fingerprint density at radius 2 is 1.71 bits per heavy atom. The molecule has 0 atom stereocenters. The lowest BCUT2D eigenvalue weighted by Gasteiger charge is -1.97. The van der Waals surface area contributed by atoms with Gasteiger partial charge in [0.15, 0.2) is 17.6 Å². The second-order valence-electron chi connectivity index (χ2n) is 4.81. The molecule has 1 heterocycles. The highest BCUT2D eigenvalue weighted by Crippen LogP contribution is 2.11. The fourth-order valence-corrected chi connectivity index (χ4v) is 2.44. The van der Waals surface area contributed by atoms with Crippen LogP contribution in [0.25, 0.3) is 11.0 Å². The van der Waals surface area contributed by atoms with Crippen molar-refractivity contribution < 1.29 is 33.3 Å². The zero-order valence-corrected chi connectivity index (χ0v) is 13.6. The lowest BCUT2D eigenvalue weighted by molar-refractivity contribution is -0.663. The number of aromatic nitrogens is 2. The summed E-state index contributed by atoms with van der Waals surface area (Å²) in [4.78, 5) is 11.2. The monoisotopic (exact) mass is 393 g/mol. The summed E-state index contributed by atoms with van der Waals surface area (Å²) in [6.07, 6.45) is 1.95. The summed E-state index contributed by atoms with van der Waals surface area (Å²) in [6.45, 7) is 0.968. The Hall–Kier alpha value is -1.89. The molecule has 108 valence electrons. The van der Waals surface area contributed by atoms with Crippen LogP contribution in [0.3, 0.4) is 0 Å². The van der Waals surface area contributed by atoms with Crippen molar-refractivity contribution in [3.63, 3.8) is 0 Å². The number of fused-ring (bicyclic) bond motifs is 1. The minimum atomic E-state index is -0.336. The predicted octanol–water partition coefficient (Wildman–Crippen LogP) is -1.53. The molecule has 5 heteroatoms. The first-order valence-electron chi connectivity index (χ1n) is 6.53. The first kappa shape index (κ1) is 15.5. The molecule has 3 aromatic rings. The van der Waals surface area contributed by atoms with Crippen LogP contribution in [0.5, 0.6) is 0 Å². The molecule has 3 rings (SSSR count). The summed E-state index contributed by atoms with van der Waals surface area (Å²) < 4.78 is 4.02. The number of primary amides is 1. The van der Waals surface area contributed by atoms with Gasteiger partial charge < -0.3 is 29.7 Å². The van der Waals surface area contributed by atoms with Gasteiger partial charge in [-0.15, -0.1) is 0 Å². The Bertz CT molecular complexity index is 753. The van der Waals surface area contributed by atoms with Gasteiger partial charge in [0.25, 0.3) is 5.91 Å². The third-order valence-electron chi connectivity index (χ3n) is 3.30. The Morgan fingerprint density at radius 3 is 2.43 bits per heavy atom. The molecule has 2 aromatic carbocycles. The number of carbonyl (C=O) groups excluding carboxylic acids is 1. The van der Waals surface area contributed by atoms with E-state index in [0.717, 1.165) is 17.6 Å². The number of benzene rings is 2. The highest BCUT2D eigenvalue weighted by atomic mass is 127. The van der Waals surface area contributed by atoms with Gasteiger partial charge in [-0.3, -0.25) is 4.79 Å².